The van der Waals surface area contributed by atoms with Crippen LogP contribution < -0.4 is 15.2 Å². The van der Waals surface area contributed by atoms with Crippen LogP contribution in [-0.4, -0.2) is 27.5 Å². The highest BCUT2D eigenvalue weighted by atomic mass is 32.2. The van der Waals surface area contributed by atoms with E-state index in [4.69, 9.17) is 9.88 Å². The Morgan fingerprint density at radius 3 is 2.55 bits per heavy atom. The maximum Gasteiger partial charge on any atom is 0.257 e. The Morgan fingerprint density at radius 1 is 1.35 bits per heavy atom. The quantitative estimate of drug-likeness (QED) is 0.814. The van der Waals surface area contributed by atoms with Crippen molar-refractivity contribution in [1.29, 1.82) is 0 Å². The van der Waals surface area contributed by atoms with E-state index in [1.807, 2.05) is 6.92 Å². The molecule has 6 nitrogen and oxygen atoms in total. The molecule has 0 atom stereocenters. The van der Waals surface area contributed by atoms with Gasteiger partial charge in [0.05, 0.1) is 0 Å². The van der Waals surface area contributed by atoms with Crippen LogP contribution in [0.15, 0.2) is 17.0 Å². The molecule has 0 aliphatic rings. The molecule has 1 aromatic rings. The molecule has 0 spiro atoms. The van der Waals surface area contributed by atoms with Gasteiger partial charge >= 0.3 is 0 Å². The first-order chi connectivity index (χ1) is 9.25. The first-order valence-corrected chi connectivity index (χ1v) is 7.84. The van der Waals surface area contributed by atoms with Gasteiger partial charge in [0.1, 0.15) is 10.6 Å². The molecule has 0 bridgehead atoms. The first kappa shape index (κ1) is 16.5. The largest absolute Gasteiger partial charge is 0.482 e. The summed E-state index contributed by atoms with van der Waals surface area (Å²) in [6, 6.07) is 3.20. The van der Waals surface area contributed by atoms with Crippen LogP contribution in [0.5, 0.6) is 5.75 Å². The van der Waals surface area contributed by atoms with Gasteiger partial charge in [-0.25, -0.2) is 13.6 Å². The van der Waals surface area contributed by atoms with Gasteiger partial charge in [0.2, 0.25) is 10.0 Å². The van der Waals surface area contributed by atoms with Crippen molar-refractivity contribution in [3.8, 4) is 5.75 Å². The summed E-state index contributed by atoms with van der Waals surface area (Å²) in [7, 11) is -3.90. The van der Waals surface area contributed by atoms with Gasteiger partial charge in [0.15, 0.2) is 6.61 Å². The molecular weight excluding hydrogens is 280 g/mol. The van der Waals surface area contributed by atoms with Crippen LogP contribution in [0.3, 0.4) is 0 Å². The summed E-state index contributed by atoms with van der Waals surface area (Å²) < 4.78 is 28.5. The number of carbonyl (C=O) groups is 1. The predicted octanol–water partition coefficient (Wildman–Crippen LogP) is 0.856. The Hall–Kier alpha value is -1.60. The topological polar surface area (TPSA) is 98.5 Å². The van der Waals surface area contributed by atoms with Crippen molar-refractivity contribution >= 4 is 15.9 Å². The summed E-state index contributed by atoms with van der Waals surface area (Å²) in [5.41, 5.74) is 1.38. The number of primary sulfonamides is 1. The van der Waals surface area contributed by atoms with Gasteiger partial charge in [0, 0.05) is 6.54 Å². The van der Waals surface area contributed by atoms with Crippen LogP contribution in [-0.2, 0) is 14.8 Å². The average Bonchev–Trinajstić information content (AvgIpc) is 2.33. The third-order valence-corrected chi connectivity index (χ3v) is 3.53. The molecule has 0 aliphatic carbocycles. The van der Waals surface area contributed by atoms with E-state index < -0.39 is 10.0 Å². The van der Waals surface area contributed by atoms with Crippen molar-refractivity contribution in [2.24, 2.45) is 5.14 Å². The first-order valence-electron chi connectivity index (χ1n) is 6.29. The Balaban J connectivity index is 2.97. The number of rotatable bonds is 6. The summed E-state index contributed by atoms with van der Waals surface area (Å²) >= 11 is 0. The monoisotopic (exact) mass is 300 g/mol. The van der Waals surface area contributed by atoms with Crippen LogP contribution in [0.1, 0.15) is 24.5 Å². The predicted molar refractivity (Wildman–Crippen MR) is 76.1 cm³/mol. The van der Waals surface area contributed by atoms with Gasteiger partial charge < -0.3 is 10.1 Å². The summed E-state index contributed by atoms with van der Waals surface area (Å²) in [5, 5.41) is 7.82. The van der Waals surface area contributed by atoms with Crippen molar-refractivity contribution in [3.05, 3.63) is 23.3 Å². The molecule has 0 unspecified atom stereocenters. The molecule has 0 saturated carbocycles. The van der Waals surface area contributed by atoms with E-state index in [9.17, 15) is 13.2 Å². The van der Waals surface area contributed by atoms with E-state index in [1.54, 1.807) is 19.9 Å². The van der Waals surface area contributed by atoms with Gasteiger partial charge in [-0.05, 0) is 37.5 Å². The number of aryl methyl sites for hydroxylation is 2. The second-order valence-corrected chi connectivity index (χ2v) is 6.12. The molecule has 0 heterocycles. The lowest BCUT2D eigenvalue weighted by Crippen LogP contribution is -2.30. The lowest BCUT2D eigenvalue weighted by molar-refractivity contribution is -0.123. The van der Waals surface area contributed by atoms with Crippen molar-refractivity contribution < 1.29 is 17.9 Å². The summed E-state index contributed by atoms with van der Waals surface area (Å²) in [6.07, 6.45) is 0.817. The van der Waals surface area contributed by atoms with Crippen molar-refractivity contribution in [2.75, 3.05) is 13.2 Å². The fraction of sp³-hybridized carbons (Fsp3) is 0.462. The van der Waals surface area contributed by atoms with Gasteiger partial charge in [-0.2, -0.15) is 0 Å². The number of nitrogens with one attached hydrogen (secondary N) is 1. The Kier molecular flexibility index (Phi) is 5.52. The minimum Gasteiger partial charge on any atom is -0.482 e. The number of nitrogens with two attached hydrogens (primary N) is 1. The molecule has 0 aromatic heterocycles. The lowest BCUT2D eigenvalue weighted by atomic mass is 10.1. The van der Waals surface area contributed by atoms with Gasteiger partial charge in [0.25, 0.3) is 5.91 Å². The fourth-order valence-electron chi connectivity index (χ4n) is 1.76. The van der Waals surface area contributed by atoms with Crippen LogP contribution in [0.2, 0.25) is 0 Å². The van der Waals surface area contributed by atoms with E-state index in [0.29, 0.717) is 12.1 Å². The number of hydrogen-bond acceptors (Lipinski definition) is 4. The normalized spacial score (nSPS) is 11.2. The number of carbonyl (C=O) groups excluding carboxylic acids is 1. The summed E-state index contributed by atoms with van der Waals surface area (Å²) in [6.45, 7) is 5.72. The zero-order valence-electron chi connectivity index (χ0n) is 11.9. The fourth-order valence-corrected chi connectivity index (χ4v) is 2.59. The average molecular weight is 300 g/mol. The van der Waals surface area contributed by atoms with E-state index in [1.165, 1.54) is 6.07 Å². The standard InChI is InChI=1S/C13H20N2O4S/c1-4-5-15-12(16)8-19-13-10(3)6-9(2)7-11(13)20(14,17)18/h6-7H,4-5,8H2,1-3H3,(H,15,16)(H2,14,17,18). The Morgan fingerprint density at radius 2 is 2.00 bits per heavy atom. The summed E-state index contributed by atoms with van der Waals surface area (Å²) in [4.78, 5) is 11.4. The van der Waals surface area contributed by atoms with Gasteiger partial charge in [-0.3, -0.25) is 4.79 Å². The minimum atomic E-state index is -3.90. The second kappa shape index (κ2) is 6.71. The van der Waals surface area contributed by atoms with Crippen molar-refractivity contribution in [1.82, 2.24) is 5.32 Å². The lowest BCUT2D eigenvalue weighted by Gasteiger charge is -2.14. The minimum absolute atomic E-state index is 0.0988. The molecule has 20 heavy (non-hydrogen) atoms. The zero-order chi connectivity index (χ0) is 15.3. The maximum atomic E-state index is 11.6. The number of amides is 1. The van der Waals surface area contributed by atoms with Crippen LogP contribution in [0.25, 0.3) is 0 Å². The number of sulfonamides is 1. The highest BCUT2D eigenvalue weighted by molar-refractivity contribution is 7.89. The smallest absolute Gasteiger partial charge is 0.257 e. The highest BCUT2D eigenvalue weighted by Crippen LogP contribution is 2.28. The molecule has 0 fully saturated rings. The second-order valence-electron chi connectivity index (χ2n) is 4.59. The molecule has 1 aromatic carbocycles. The molecular formula is C13H20N2O4S. The van der Waals surface area contributed by atoms with Crippen molar-refractivity contribution in [2.45, 2.75) is 32.1 Å². The Labute approximate surface area is 119 Å². The van der Waals surface area contributed by atoms with E-state index in [2.05, 4.69) is 5.32 Å². The molecule has 0 saturated heterocycles. The third kappa shape index (κ3) is 4.50. The van der Waals surface area contributed by atoms with E-state index in [-0.39, 0.29) is 23.2 Å². The molecule has 0 radical (unpaired) electrons. The molecule has 112 valence electrons. The third-order valence-electron chi connectivity index (χ3n) is 2.61. The highest BCUT2D eigenvalue weighted by Gasteiger charge is 2.19. The molecule has 0 aliphatic heterocycles. The SMILES string of the molecule is CCCNC(=O)COc1c(C)cc(C)cc1S(N)(=O)=O. The van der Waals surface area contributed by atoms with Gasteiger partial charge in [-0.1, -0.05) is 13.0 Å². The number of benzene rings is 1. The van der Waals surface area contributed by atoms with Gasteiger partial charge in [-0.15, -0.1) is 0 Å². The molecule has 7 heteroatoms. The number of ether oxygens (including phenoxy) is 1. The van der Waals surface area contributed by atoms with E-state index in [0.717, 1.165) is 12.0 Å². The van der Waals surface area contributed by atoms with E-state index >= 15 is 0 Å². The molecule has 3 N–H and O–H groups in total. The summed E-state index contributed by atoms with van der Waals surface area (Å²) in [5.74, 6) is -0.169. The van der Waals surface area contributed by atoms with Crippen molar-refractivity contribution in [3.63, 3.8) is 0 Å². The molecule has 1 amide bonds. The Bertz CT molecular complexity index is 597. The van der Waals surface area contributed by atoms with Crippen LogP contribution in [0.4, 0.5) is 0 Å². The molecule has 1 rings (SSSR count). The zero-order valence-corrected chi connectivity index (χ0v) is 12.7. The number of hydrogen-bond donors (Lipinski definition) is 2. The van der Waals surface area contributed by atoms with Crippen LogP contribution >= 0.6 is 0 Å². The maximum absolute atomic E-state index is 11.6. The van der Waals surface area contributed by atoms with Crippen LogP contribution in [0, 0.1) is 13.8 Å².